The van der Waals surface area contributed by atoms with E-state index in [4.69, 9.17) is 23.2 Å². The van der Waals surface area contributed by atoms with E-state index in [-0.39, 0.29) is 15.0 Å². The van der Waals surface area contributed by atoms with Crippen molar-refractivity contribution in [1.82, 2.24) is 14.3 Å². The standard InChI is InChI=1S/C14H10Cl2N4O2S2/c1-8-5-10(15)6-11(16)12(8)24(21,22)20-14-18-13(19-23-14)9-3-2-4-17-7-9/h2-7H,1H3,(H,18,19,20). The highest BCUT2D eigenvalue weighted by Crippen LogP contribution is 2.31. The van der Waals surface area contributed by atoms with Crippen LogP contribution in [-0.4, -0.2) is 22.8 Å². The van der Waals surface area contributed by atoms with E-state index in [0.29, 0.717) is 22.0 Å². The van der Waals surface area contributed by atoms with Gasteiger partial charge in [0.25, 0.3) is 10.0 Å². The Hall–Kier alpha value is -1.74. The minimum Gasteiger partial charge on any atom is -0.264 e. The molecule has 0 aliphatic carbocycles. The van der Waals surface area contributed by atoms with Crippen molar-refractivity contribution in [3.8, 4) is 11.4 Å². The maximum atomic E-state index is 12.6. The first-order valence-electron chi connectivity index (χ1n) is 6.59. The molecule has 0 bridgehead atoms. The molecule has 0 unspecified atom stereocenters. The first-order chi connectivity index (χ1) is 11.4. The van der Waals surface area contributed by atoms with E-state index in [1.165, 1.54) is 12.1 Å². The van der Waals surface area contributed by atoms with E-state index in [1.54, 1.807) is 31.5 Å². The van der Waals surface area contributed by atoms with Gasteiger partial charge in [-0.05, 0) is 36.8 Å². The highest BCUT2D eigenvalue weighted by atomic mass is 35.5. The molecule has 0 aliphatic rings. The first-order valence-corrected chi connectivity index (χ1v) is 9.60. The maximum absolute atomic E-state index is 12.6. The van der Waals surface area contributed by atoms with Crippen molar-refractivity contribution in [3.63, 3.8) is 0 Å². The third kappa shape index (κ3) is 3.51. The van der Waals surface area contributed by atoms with Crippen LogP contribution in [0.4, 0.5) is 5.13 Å². The third-order valence-corrected chi connectivity index (χ3v) is 5.96. The zero-order valence-electron chi connectivity index (χ0n) is 12.2. The van der Waals surface area contributed by atoms with Gasteiger partial charge < -0.3 is 0 Å². The molecular weight excluding hydrogens is 391 g/mol. The van der Waals surface area contributed by atoms with Crippen LogP contribution in [0, 0.1) is 6.92 Å². The summed E-state index contributed by atoms with van der Waals surface area (Å²) in [6, 6.07) is 6.44. The molecule has 0 radical (unpaired) electrons. The number of rotatable bonds is 4. The molecule has 0 atom stereocenters. The summed E-state index contributed by atoms with van der Waals surface area (Å²) in [5.41, 5.74) is 1.14. The highest BCUT2D eigenvalue weighted by Gasteiger charge is 2.23. The largest absolute Gasteiger partial charge is 0.265 e. The lowest BCUT2D eigenvalue weighted by atomic mass is 10.2. The molecule has 2 aromatic heterocycles. The Bertz CT molecular complexity index is 968. The minimum atomic E-state index is -3.91. The second-order valence-electron chi connectivity index (χ2n) is 4.80. The number of hydrogen-bond donors (Lipinski definition) is 1. The van der Waals surface area contributed by atoms with Gasteiger partial charge in [-0.3, -0.25) is 9.71 Å². The molecule has 6 nitrogen and oxygen atoms in total. The van der Waals surface area contributed by atoms with Crippen LogP contribution >= 0.6 is 34.7 Å². The zero-order valence-corrected chi connectivity index (χ0v) is 15.3. The van der Waals surface area contributed by atoms with Crippen LogP contribution in [0.25, 0.3) is 11.4 Å². The second-order valence-corrected chi connectivity index (χ2v) is 8.02. The maximum Gasteiger partial charge on any atom is 0.265 e. The molecule has 124 valence electrons. The fraction of sp³-hybridized carbons (Fsp3) is 0.0714. The van der Waals surface area contributed by atoms with Gasteiger partial charge in [0.15, 0.2) is 5.82 Å². The third-order valence-electron chi connectivity index (χ3n) is 3.03. The van der Waals surface area contributed by atoms with E-state index >= 15 is 0 Å². The van der Waals surface area contributed by atoms with Gasteiger partial charge in [0.05, 0.1) is 5.02 Å². The van der Waals surface area contributed by atoms with Crippen LogP contribution in [0.15, 0.2) is 41.6 Å². The zero-order chi connectivity index (χ0) is 17.3. The number of aryl methyl sites for hydroxylation is 1. The van der Waals surface area contributed by atoms with Gasteiger partial charge >= 0.3 is 0 Å². The Morgan fingerprint density at radius 3 is 2.71 bits per heavy atom. The summed E-state index contributed by atoms with van der Waals surface area (Å²) in [5, 5.41) is 0.551. The van der Waals surface area contributed by atoms with Gasteiger partial charge in [-0.2, -0.15) is 9.36 Å². The fourth-order valence-corrected chi connectivity index (χ4v) is 5.07. The van der Waals surface area contributed by atoms with E-state index in [0.717, 1.165) is 11.5 Å². The van der Waals surface area contributed by atoms with Crippen LogP contribution < -0.4 is 4.72 Å². The van der Waals surface area contributed by atoms with Gasteiger partial charge in [0.2, 0.25) is 5.13 Å². The van der Waals surface area contributed by atoms with Crippen molar-refractivity contribution < 1.29 is 8.42 Å². The Kier molecular flexibility index (Phi) is 4.73. The molecule has 0 fully saturated rings. The first kappa shape index (κ1) is 17.1. The quantitative estimate of drug-likeness (QED) is 0.714. The molecular formula is C14H10Cl2N4O2S2. The molecule has 1 N–H and O–H groups in total. The van der Waals surface area contributed by atoms with Crippen molar-refractivity contribution in [3.05, 3.63) is 52.3 Å². The molecule has 1 aromatic carbocycles. The summed E-state index contributed by atoms with van der Waals surface area (Å²) in [5.74, 6) is 0.393. The number of sulfonamides is 1. The normalized spacial score (nSPS) is 11.5. The molecule has 0 spiro atoms. The molecule has 3 aromatic rings. The highest BCUT2D eigenvalue weighted by molar-refractivity contribution is 7.93. The van der Waals surface area contributed by atoms with E-state index in [9.17, 15) is 8.42 Å². The lowest BCUT2D eigenvalue weighted by Crippen LogP contribution is -2.14. The van der Waals surface area contributed by atoms with Crippen LogP contribution in [0.1, 0.15) is 5.56 Å². The SMILES string of the molecule is Cc1cc(Cl)cc(Cl)c1S(=O)(=O)Nc1nc(-c2cccnc2)ns1. The Morgan fingerprint density at radius 1 is 1.25 bits per heavy atom. The lowest BCUT2D eigenvalue weighted by Gasteiger charge is -2.10. The van der Waals surface area contributed by atoms with Gasteiger partial charge in [-0.25, -0.2) is 8.42 Å². The monoisotopic (exact) mass is 400 g/mol. The number of anilines is 1. The molecule has 0 saturated heterocycles. The van der Waals surface area contributed by atoms with Crippen molar-refractivity contribution in [2.75, 3.05) is 4.72 Å². The summed E-state index contributed by atoms with van der Waals surface area (Å²) in [6.45, 7) is 1.62. The molecule has 0 amide bonds. The number of halogens is 2. The number of nitrogens with one attached hydrogen (secondary N) is 1. The Balaban J connectivity index is 1.93. The van der Waals surface area contributed by atoms with Crippen LogP contribution in [0.2, 0.25) is 10.0 Å². The summed E-state index contributed by atoms with van der Waals surface area (Å²) in [4.78, 5) is 8.12. The van der Waals surface area contributed by atoms with Gasteiger partial charge in [0, 0.05) is 34.5 Å². The molecule has 2 heterocycles. The van der Waals surface area contributed by atoms with Gasteiger partial charge in [0.1, 0.15) is 4.90 Å². The molecule has 24 heavy (non-hydrogen) atoms. The van der Waals surface area contributed by atoms with E-state index in [1.807, 2.05) is 0 Å². The minimum absolute atomic E-state index is 0.0355. The van der Waals surface area contributed by atoms with Crippen molar-refractivity contribution >= 4 is 49.9 Å². The summed E-state index contributed by atoms with van der Waals surface area (Å²) in [7, 11) is -3.91. The predicted octanol–water partition coefficient (Wildman–Crippen LogP) is 4.02. The Morgan fingerprint density at radius 2 is 2.04 bits per heavy atom. The number of aromatic nitrogens is 3. The van der Waals surface area contributed by atoms with Gasteiger partial charge in [-0.1, -0.05) is 23.2 Å². The van der Waals surface area contributed by atoms with Crippen molar-refractivity contribution in [2.24, 2.45) is 0 Å². The summed E-state index contributed by atoms with van der Waals surface area (Å²) >= 11 is 12.9. The Labute approximate surface area is 152 Å². The predicted molar refractivity (Wildman–Crippen MR) is 95.1 cm³/mol. The fourth-order valence-electron chi connectivity index (χ4n) is 2.07. The molecule has 10 heteroatoms. The molecule has 0 saturated carbocycles. The average Bonchev–Trinajstić information content (AvgIpc) is 2.94. The van der Waals surface area contributed by atoms with Crippen LogP contribution in [0.3, 0.4) is 0 Å². The number of benzene rings is 1. The summed E-state index contributed by atoms with van der Waals surface area (Å²) < 4.78 is 31.7. The van der Waals surface area contributed by atoms with Crippen molar-refractivity contribution in [1.29, 1.82) is 0 Å². The topological polar surface area (TPSA) is 84.8 Å². The number of pyridine rings is 1. The molecule has 3 rings (SSSR count). The lowest BCUT2D eigenvalue weighted by molar-refractivity contribution is 0.600. The van der Waals surface area contributed by atoms with Gasteiger partial charge in [-0.15, -0.1) is 0 Å². The van der Waals surface area contributed by atoms with Crippen LogP contribution in [-0.2, 0) is 10.0 Å². The molecule has 0 aliphatic heterocycles. The second kappa shape index (κ2) is 6.64. The number of hydrogen-bond acceptors (Lipinski definition) is 6. The number of nitrogens with zero attached hydrogens (tertiary/aromatic N) is 3. The van der Waals surface area contributed by atoms with E-state index < -0.39 is 10.0 Å². The average molecular weight is 401 g/mol. The van der Waals surface area contributed by atoms with Crippen molar-refractivity contribution in [2.45, 2.75) is 11.8 Å². The van der Waals surface area contributed by atoms with E-state index in [2.05, 4.69) is 19.1 Å². The van der Waals surface area contributed by atoms with Crippen LogP contribution in [0.5, 0.6) is 0 Å². The summed E-state index contributed by atoms with van der Waals surface area (Å²) in [6.07, 6.45) is 3.23. The smallest absolute Gasteiger partial charge is 0.264 e.